The fraction of sp³-hybridized carbons (Fsp3) is 0.896. The molecule has 14 heteroatoms. The molecule has 2 aliphatic rings. The molecule has 0 aromatic carbocycles. The van der Waals surface area contributed by atoms with Gasteiger partial charge in [-0.05, 0) is 44.9 Å². The second kappa shape index (κ2) is 52.5. The third-order valence-corrected chi connectivity index (χ3v) is 16.6. The van der Waals surface area contributed by atoms with Gasteiger partial charge < -0.3 is 65.1 Å². The lowest BCUT2D eigenvalue weighted by atomic mass is 9.97. The van der Waals surface area contributed by atoms with Crippen LogP contribution in [0.1, 0.15) is 290 Å². The highest BCUT2D eigenvalue weighted by atomic mass is 16.7. The molecule has 0 spiro atoms. The van der Waals surface area contributed by atoms with Crippen LogP contribution in [-0.2, 0) is 23.7 Å². The van der Waals surface area contributed by atoms with Crippen molar-refractivity contribution in [2.75, 3.05) is 19.8 Å². The number of allylic oxidation sites excluding steroid dienone is 6. The highest BCUT2D eigenvalue weighted by molar-refractivity contribution is 5.76. The van der Waals surface area contributed by atoms with E-state index in [1.807, 2.05) is 0 Å². The Kier molecular flexibility index (Phi) is 48.8. The maximum Gasteiger partial charge on any atom is 0.220 e. The summed E-state index contributed by atoms with van der Waals surface area (Å²) < 4.78 is 22.9. The van der Waals surface area contributed by atoms with Crippen molar-refractivity contribution in [3.63, 3.8) is 0 Å². The Bertz CT molecular complexity index is 1500. The molecule has 0 aliphatic carbocycles. The van der Waals surface area contributed by atoms with Gasteiger partial charge in [-0.3, -0.25) is 4.79 Å². The van der Waals surface area contributed by atoms with E-state index in [0.717, 1.165) is 77.0 Å². The van der Waals surface area contributed by atoms with Gasteiger partial charge >= 0.3 is 0 Å². The molecule has 2 rings (SSSR count). The van der Waals surface area contributed by atoms with Gasteiger partial charge in [0.05, 0.1) is 32.0 Å². The molecule has 0 bridgehead atoms. The zero-order chi connectivity index (χ0) is 58.8. The van der Waals surface area contributed by atoms with Crippen LogP contribution in [0.3, 0.4) is 0 Å². The van der Waals surface area contributed by atoms with E-state index in [2.05, 4.69) is 55.6 Å². The number of hydrogen-bond acceptors (Lipinski definition) is 13. The number of nitrogens with one attached hydrogen (secondary N) is 1. The van der Waals surface area contributed by atoms with Crippen LogP contribution >= 0.6 is 0 Å². The molecule has 12 unspecified atom stereocenters. The number of amides is 1. The summed E-state index contributed by atoms with van der Waals surface area (Å²) in [6.45, 7) is 2.77. The predicted molar refractivity (Wildman–Crippen MR) is 328 cm³/mol. The van der Waals surface area contributed by atoms with E-state index < -0.39 is 86.8 Å². The van der Waals surface area contributed by atoms with Gasteiger partial charge in [0.15, 0.2) is 12.6 Å². The normalized spacial score (nSPS) is 24.3. The quantitative estimate of drug-likeness (QED) is 0.0204. The lowest BCUT2D eigenvalue weighted by Crippen LogP contribution is -2.65. The zero-order valence-electron chi connectivity index (χ0n) is 51.5. The van der Waals surface area contributed by atoms with Crippen LogP contribution in [0.25, 0.3) is 0 Å². The fourth-order valence-electron chi connectivity index (χ4n) is 11.3. The van der Waals surface area contributed by atoms with Crippen molar-refractivity contribution >= 4 is 5.91 Å². The van der Waals surface area contributed by atoms with Gasteiger partial charge in [-0.2, -0.15) is 0 Å². The summed E-state index contributed by atoms with van der Waals surface area (Å²) in [5, 5.41) is 87.4. The maximum absolute atomic E-state index is 13.3. The van der Waals surface area contributed by atoms with E-state index in [4.69, 9.17) is 18.9 Å². The number of ether oxygens (including phenoxy) is 4. The minimum atomic E-state index is -1.78. The molecule has 0 aromatic rings. The van der Waals surface area contributed by atoms with Crippen molar-refractivity contribution in [3.05, 3.63) is 36.5 Å². The summed E-state index contributed by atoms with van der Waals surface area (Å²) in [5.41, 5.74) is 0. The number of carbonyl (C=O) groups excluding carboxylic acids is 1. The first-order valence-corrected chi connectivity index (χ1v) is 33.7. The number of carbonyl (C=O) groups is 1. The first-order chi connectivity index (χ1) is 39.6. The Morgan fingerprint density at radius 3 is 1.31 bits per heavy atom. The Hall–Kier alpha value is -1.79. The van der Waals surface area contributed by atoms with Crippen molar-refractivity contribution in [2.45, 2.75) is 364 Å². The Balaban J connectivity index is 1.63. The van der Waals surface area contributed by atoms with Crippen molar-refractivity contribution in [2.24, 2.45) is 0 Å². The second-order valence-corrected chi connectivity index (χ2v) is 23.9. The van der Waals surface area contributed by atoms with E-state index in [1.54, 1.807) is 0 Å². The number of aliphatic hydroxyl groups excluding tert-OH is 8. The van der Waals surface area contributed by atoms with Gasteiger partial charge in [0, 0.05) is 6.42 Å². The number of rotatable bonds is 55. The van der Waals surface area contributed by atoms with Crippen LogP contribution in [0.15, 0.2) is 36.5 Å². The van der Waals surface area contributed by atoms with Crippen LogP contribution in [0.4, 0.5) is 0 Å². The van der Waals surface area contributed by atoms with E-state index >= 15 is 0 Å². The van der Waals surface area contributed by atoms with Gasteiger partial charge in [0.25, 0.3) is 0 Å². The number of aliphatic hydroxyl groups is 8. The summed E-state index contributed by atoms with van der Waals surface area (Å²) in [5.74, 6) is -0.221. The SMILES string of the molecule is CC/C=C\C/C=C\C/C=C\CCCCCCCC(=O)NC(COC1OC(CO)C(OC2OC(CO)C(O)C(O)C2O)C(O)C1O)C(O)CCCCCCCCCCCCCCCCCCCCCCCCCCCCCCCCCC. The molecule has 14 nitrogen and oxygen atoms in total. The summed E-state index contributed by atoms with van der Waals surface area (Å²) in [6.07, 6.45) is 48.9. The molecule has 476 valence electrons. The Morgan fingerprint density at radius 1 is 0.457 bits per heavy atom. The molecule has 0 saturated carbocycles. The molecule has 9 N–H and O–H groups in total. The molecular weight excluding hydrogens is 1030 g/mol. The van der Waals surface area contributed by atoms with E-state index in [9.17, 15) is 45.6 Å². The van der Waals surface area contributed by atoms with Gasteiger partial charge in [-0.15, -0.1) is 0 Å². The zero-order valence-corrected chi connectivity index (χ0v) is 51.5. The van der Waals surface area contributed by atoms with Gasteiger partial charge in [0.2, 0.25) is 5.91 Å². The minimum Gasteiger partial charge on any atom is -0.394 e. The molecule has 2 fully saturated rings. The second-order valence-electron chi connectivity index (χ2n) is 23.9. The van der Waals surface area contributed by atoms with Crippen molar-refractivity contribution in [1.82, 2.24) is 5.32 Å². The molecule has 12 atom stereocenters. The van der Waals surface area contributed by atoms with Crippen LogP contribution in [0.2, 0.25) is 0 Å². The molecule has 81 heavy (non-hydrogen) atoms. The van der Waals surface area contributed by atoms with Crippen LogP contribution in [0.5, 0.6) is 0 Å². The molecule has 2 aliphatic heterocycles. The lowest BCUT2D eigenvalue weighted by molar-refractivity contribution is -0.359. The van der Waals surface area contributed by atoms with E-state index in [-0.39, 0.29) is 18.9 Å². The van der Waals surface area contributed by atoms with Crippen molar-refractivity contribution in [1.29, 1.82) is 0 Å². The first-order valence-electron chi connectivity index (χ1n) is 33.7. The third kappa shape index (κ3) is 37.4. The smallest absolute Gasteiger partial charge is 0.220 e. The molecular formula is C67H125NO13. The van der Waals surface area contributed by atoms with Gasteiger partial charge in [-0.25, -0.2) is 0 Å². The topological polar surface area (TPSA) is 228 Å². The molecule has 0 radical (unpaired) electrons. The summed E-state index contributed by atoms with van der Waals surface area (Å²) in [6, 6.07) is -0.839. The highest BCUT2D eigenvalue weighted by Gasteiger charge is 2.51. The largest absolute Gasteiger partial charge is 0.394 e. The van der Waals surface area contributed by atoms with Gasteiger partial charge in [-0.1, -0.05) is 275 Å². The lowest BCUT2D eigenvalue weighted by Gasteiger charge is -2.46. The van der Waals surface area contributed by atoms with E-state index in [0.29, 0.717) is 12.8 Å². The predicted octanol–water partition coefficient (Wildman–Crippen LogP) is 13.0. The van der Waals surface area contributed by atoms with Crippen LogP contribution in [-0.4, -0.2) is 140 Å². The highest BCUT2D eigenvalue weighted by Crippen LogP contribution is 2.30. The molecule has 2 heterocycles. The van der Waals surface area contributed by atoms with Crippen molar-refractivity contribution in [3.8, 4) is 0 Å². The number of unbranched alkanes of at least 4 members (excludes halogenated alkanes) is 36. The fourth-order valence-corrected chi connectivity index (χ4v) is 11.3. The first kappa shape index (κ1) is 75.3. The standard InChI is InChI=1S/C67H125NO13/c1-3-5-7-9-11-13-15-17-19-20-21-22-23-24-25-26-27-28-29-30-31-32-33-34-35-37-38-40-42-44-46-48-50-56(71)55(68-59(72)51-49-47-45-43-41-39-36-18-16-14-12-10-8-6-4-2)54-78-66-64(77)62(75)65(58(53-70)80-66)81-67-63(76)61(74)60(73)57(52-69)79-67/h6,8,12,14,18,36,55-58,60-67,69-71,73-77H,3-5,7,9-11,13,15-17,19-35,37-54H2,1-2H3,(H,68,72)/b8-6-,14-12-,36-18-. The molecule has 2 saturated heterocycles. The monoisotopic (exact) mass is 1150 g/mol. The van der Waals surface area contributed by atoms with Gasteiger partial charge in [0.1, 0.15) is 48.8 Å². The molecule has 1 amide bonds. The Labute approximate surface area is 493 Å². The number of hydrogen-bond donors (Lipinski definition) is 9. The summed E-state index contributed by atoms with van der Waals surface area (Å²) in [7, 11) is 0. The van der Waals surface area contributed by atoms with Crippen LogP contribution < -0.4 is 5.32 Å². The summed E-state index contributed by atoms with van der Waals surface area (Å²) in [4.78, 5) is 13.3. The average Bonchev–Trinajstić information content (AvgIpc) is 3.47. The minimum absolute atomic E-state index is 0.221. The third-order valence-electron chi connectivity index (χ3n) is 16.6. The summed E-state index contributed by atoms with van der Waals surface area (Å²) >= 11 is 0. The maximum atomic E-state index is 13.3. The van der Waals surface area contributed by atoms with Crippen molar-refractivity contribution < 1.29 is 64.6 Å². The molecule has 0 aromatic heterocycles. The Morgan fingerprint density at radius 2 is 0.852 bits per heavy atom. The average molecular weight is 1150 g/mol. The van der Waals surface area contributed by atoms with Crippen LogP contribution in [0, 0.1) is 0 Å². The van der Waals surface area contributed by atoms with E-state index in [1.165, 1.54) is 180 Å².